The van der Waals surface area contributed by atoms with E-state index in [4.69, 9.17) is 0 Å². The van der Waals surface area contributed by atoms with Gasteiger partial charge in [0.05, 0.1) is 0 Å². The monoisotopic (exact) mass is 393 g/mol. The van der Waals surface area contributed by atoms with Crippen LogP contribution in [0, 0.1) is 5.92 Å². The van der Waals surface area contributed by atoms with Crippen LogP contribution in [0.3, 0.4) is 0 Å². The topological polar surface area (TPSA) is 87.3 Å². The highest BCUT2D eigenvalue weighted by molar-refractivity contribution is 6.05. The zero-order chi connectivity index (χ0) is 20.6. The summed E-state index contributed by atoms with van der Waals surface area (Å²) in [6.45, 7) is 1.78. The van der Waals surface area contributed by atoms with E-state index in [0.717, 1.165) is 25.7 Å². The molecule has 0 radical (unpaired) electrons. The summed E-state index contributed by atoms with van der Waals surface area (Å²) in [6.07, 6.45) is 5.63. The van der Waals surface area contributed by atoms with E-state index in [1.165, 1.54) is 6.42 Å². The minimum Gasteiger partial charge on any atom is -0.326 e. The molecule has 3 rings (SSSR count). The first-order valence-corrected chi connectivity index (χ1v) is 10.2. The lowest BCUT2D eigenvalue weighted by Crippen LogP contribution is -2.24. The SMILES string of the molecule is CCC(=O)Nc1cccc(NC(=O)c2cccc(NC(=O)C3CCCCC3)c2)c1. The first-order valence-electron chi connectivity index (χ1n) is 10.2. The summed E-state index contributed by atoms with van der Waals surface area (Å²) in [5, 5.41) is 8.54. The van der Waals surface area contributed by atoms with Gasteiger partial charge in [-0.25, -0.2) is 0 Å². The van der Waals surface area contributed by atoms with Crippen LogP contribution in [0.4, 0.5) is 17.1 Å². The molecule has 0 unspecified atom stereocenters. The molecule has 6 nitrogen and oxygen atoms in total. The third kappa shape index (κ3) is 5.91. The van der Waals surface area contributed by atoms with Gasteiger partial charge in [0.2, 0.25) is 11.8 Å². The summed E-state index contributed by atoms with van der Waals surface area (Å²) >= 11 is 0. The first-order chi connectivity index (χ1) is 14.0. The Morgan fingerprint density at radius 3 is 2.14 bits per heavy atom. The maximum Gasteiger partial charge on any atom is 0.255 e. The van der Waals surface area contributed by atoms with E-state index in [0.29, 0.717) is 29.0 Å². The van der Waals surface area contributed by atoms with Gasteiger partial charge in [-0.2, -0.15) is 0 Å². The van der Waals surface area contributed by atoms with Gasteiger partial charge in [0.25, 0.3) is 5.91 Å². The molecular formula is C23H27N3O3. The Labute approximate surface area is 171 Å². The van der Waals surface area contributed by atoms with Crippen LogP contribution in [0.1, 0.15) is 55.8 Å². The zero-order valence-corrected chi connectivity index (χ0v) is 16.7. The van der Waals surface area contributed by atoms with Crippen LogP contribution in [0.2, 0.25) is 0 Å². The van der Waals surface area contributed by atoms with Crippen molar-refractivity contribution in [1.82, 2.24) is 0 Å². The van der Waals surface area contributed by atoms with E-state index in [2.05, 4.69) is 16.0 Å². The lowest BCUT2D eigenvalue weighted by Gasteiger charge is -2.20. The molecule has 3 amide bonds. The predicted molar refractivity (Wildman–Crippen MR) is 115 cm³/mol. The van der Waals surface area contributed by atoms with Crippen LogP contribution < -0.4 is 16.0 Å². The minimum atomic E-state index is -0.280. The van der Waals surface area contributed by atoms with E-state index in [1.807, 2.05) is 0 Å². The van der Waals surface area contributed by atoms with E-state index < -0.39 is 0 Å². The number of carbonyl (C=O) groups excluding carboxylic acids is 3. The van der Waals surface area contributed by atoms with Crippen molar-refractivity contribution >= 4 is 34.8 Å². The molecule has 2 aromatic rings. The summed E-state index contributed by atoms with van der Waals surface area (Å²) in [4.78, 5) is 36.6. The number of hydrogen-bond acceptors (Lipinski definition) is 3. The third-order valence-corrected chi connectivity index (χ3v) is 5.09. The Kier molecular flexibility index (Phi) is 7.00. The van der Waals surface area contributed by atoms with Crippen molar-refractivity contribution in [2.24, 2.45) is 5.92 Å². The molecule has 1 fully saturated rings. The van der Waals surface area contributed by atoms with Crippen molar-refractivity contribution in [2.45, 2.75) is 45.4 Å². The molecule has 1 aliphatic carbocycles. The van der Waals surface area contributed by atoms with Gasteiger partial charge in [-0.3, -0.25) is 14.4 Å². The largest absolute Gasteiger partial charge is 0.326 e. The fraction of sp³-hybridized carbons (Fsp3) is 0.348. The van der Waals surface area contributed by atoms with Gasteiger partial charge in [0.15, 0.2) is 0 Å². The van der Waals surface area contributed by atoms with Crippen molar-refractivity contribution in [3.63, 3.8) is 0 Å². The highest BCUT2D eigenvalue weighted by atomic mass is 16.2. The lowest BCUT2D eigenvalue weighted by atomic mass is 9.88. The molecule has 1 saturated carbocycles. The quantitative estimate of drug-likeness (QED) is 0.658. The molecule has 0 aliphatic heterocycles. The molecule has 6 heteroatoms. The van der Waals surface area contributed by atoms with Crippen LogP contribution >= 0.6 is 0 Å². The lowest BCUT2D eigenvalue weighted by molar-refractivity contribution is -0.120. The Morgan fingerprint density at radius 1 is 0.828 bits per heavy atom. The fourth-order valence-electron chi connectivity index (χ4n) is 3.47. The van der Waals surface area contributed by atoms with Gasteiger partial charge in [-0.1, -0.05) is 38.3 Å². The van der Waals surface area contributed by atoms with Crippen LogP contribution in [-0.2, 0) is 9.59 Å². The summed E-state index contributed by atoms with van der Waals surface area (Å²) in [6, 6.07) is 13.9. The number of carbonyl (C=O) groups is 3. The van der Waals surface area contributed by atoms with E-state index in [-0.39, 0.29) is 23.6 Å². The van der Waals surface area contributed by atoms with Gasteiger partial charge >= 0.3 is 0 Å². The van der Waals surface area contributed by atoms with Crippen LogP contribution in [0.25, 0.3) is 0 Å². The molecule has 29 heavy (non-hydrogen) atoms. The van der Waals surface area contributed by atoms with E-state index in [1.54, 1.807) is 55.5 Å². The summed E-state index contributed by atoms with van der Waals surface area (Å²) in [7, 11) is 0. The number of nitrogens with one attached hydrogen (secondary N) is 3. The minimum absolute atomic E-state index is 0.0293. The summed E-state index contributed by atoms with van der Waals surface area (Å²) in [5.74, 6) is -0.281. The van der Waals surface area contributed by atoms with Crippen molar-refractivity contribution in [3.05, 3.63) is 54.1 Å². The number of benzene rings is 2. The zero-order valence-electron chi connectivity index (χ0n) is 16.7. The molecule has 0 atom stereocenters. The molecule has 0 spiro atoms. The Balaban J connectivity index is 1.64. The molecule has 152 valence electrons. The van der Waals surface area contributed by atoms with E-state index in [9.17, 15) is 14.4 Å². The van der Waals surface area contributed by atoms with Gasteiger partial charge < -0.3 is 16.0 Å². The number of hydrogen-bond donors (Lipinski definition) is 3. The Hall–Kier alpha value is -3.15. The molecule has 0 heterocycles. The van der Waals surface area contributed by atoms with Gasteiger partial charge in [-0.05, 0) is 49.2 Å². The van der Waals surface area contributed by atoms with Gasteiger partial charge in [-0.15, -0.1) is 0 Å². The normalized spacial score (nSPS) is 14.1. The molecule has 3 N–H and O–H groups in total. The Bertz CT molecular complexity index is 888. The van der Waals surface area contributed by atoms with Crippen molar-refractivity contribution < 1.29 is 14.4 Å². The van der Waals surface area contributed by atoms with Crippen molar-refractivity contribution in [3.8, 4) is 0 Å². The predicted octanol–water partition coefficient (Wildman–Crippen LogP) is 4.81. The average Bonchev–Trinajstić information content (AvgIpc) is 2.74. The Morgan fingerprint density at radius 2 is 1.45 bits per heavy atom. The smallest absolute Gasteiger partial charge is 0.255 e. The molecule has 0 bridgehead atoms. The second-order valence-electron chi connectivity index (χ2n) is 7.34. The van der Waals surface area contributed by atoms with Crippen molar-refractivity contribution in [2.75, 3.05) is 16.0 Å². The van der Waals surface area contributed by atoms with E-state index >= 15 is 0 Å². The van der Waals surface area contributed by atoms with Crippen LogP contribution in [-0.4, -0.2) is 17.7 Å². The summed E-state index contributed by atoms with van der Waals surface area (Å²) < 4.78 is 0. The second-order valence-corrected chi connectivity index (χ2v) is 7.34. The maximum atomic E-state index is 12.6. The molecule has 0 aromatic heterocycles. The average molecular weight is 393 g/mol. The highest BCUT2D eigenvalue weighted by Crippen LogP contribution is 2.25. The third-order valence-electron chi connectivity index (χ3n) is 5.09. The van der Waals surface area contributed by atoms with Crippen LogP contribution in [0.5, 0.6) is 0 Å². The standard InChI is InChI=1S/C23H27N3O3/c1-2-21(27)24-19-12-7-13-20(15-19)26-23(29)17-10-6-11-18(14-17)25-22(28)16-8-4-3-5-9-16/h6-7,10-16H,2-5,8-9H2,1H3,(H,24,27)(H,25,28)(H,26,29). The molecule has 0 saturated heterocycles. The molecular weight excluding hydrogens is 366 g/mol. The molecule has 2 aromatic carbocycles. The fourth-order valence-corrected chi connectivity index (χ4v) is 3.47. The number of anilines is 3. The number of rotatable bonds is 6. The molecule has 1 aliphatic rings. The van der Waals surface area contributed by atoms with Crippen LogP contribution in [0.15, 0.2) is 48.5 Å². The van der Waals surface area contributed by atoms with Gasteiger partial charge in [0.1, 0.15) is 0 Å². The van der Waals surface area contributed by atoms with Gasteiger partial charge in [0, 0.05) is 35.0 Å². The number of amides is 3. The summed E-state index contributed by atoms with van der Waals surface area (Å²) in [5.41, 5.74) is 2.29. The first kappa shape index (κ1) is 20.6. The second kappa shape index (κ2) is 9.87. The highest BCUT2D eigenvalue weighted by Gasteiger charge is 2.21. The van der Waals surface area contributed by atoms with Crippen molar-refractivity contribution in [1.29, 1.82) is 0 Å². The maximum absolute atomic E-state index is 12.6.